The Balaban J connectivity index is 1.56. The number of piperidine rings is 3. The van der Waals surface area contributed by atoms with E-state index in [1.54, 1.807) is 6.92 Å². The van der Waals surface area contributed by atoms with Gasteiger partial charge in [0.2, 0.25) is 10.0 Å². The molecule has 0 bridgehead atoms. The smallest absolute Gasteiger partial charge is 0.274 e. The van der Waals surface area contributed by atoms with E-state index < -0.39 is 14.9 Å². The molecule has 35 heavy (non-hydrogen) atoms. The zero-order valence-electron chi connectivity index (χ0n) is 20.7. The Morgan fingerprint density at radius 3 is 2.29 bits per heavy atom. The number of aryl methyl sites for hydroxylation is 1. The van der Waals surface area contributed by atoms with E-state index in [4.69, 9.17) is 5.26 Å². The van der Waals surface area contributed by atoms with Gasteiger partial charge in [-0.2, -0.15) is 9.57 Å². The van der Waals surface area contributed by atoms with Crippen LogP contribution in [-0.2, 0) is 10.0 Å². The third kappa shape index (κ3) is 5.79. The maximum Gasteiger partial charge on any atom is 0.274 e. The van der Waals surface area contributed by atoms with Crippen LogP contribution in [0.25, 0.3) is 0 Å². The van der Waals surface area contributed by atoms with Crippen LogP contribution in [-0.4, -0.2) is 67.9 Å². The number of nitro groups is 1. The lowest BCUT2D eigenvalue weighted by Crippen LogP contribution is -2.47. The number of benzene rings is 1. The molecule has 3 heterocycles. The van der Waals surface area contributed by atoms with E-state index in [0.717, 1.165) is 45.2 Å². The standard InChI is InChI=1S/C25H37N5O4S/c1-20-18-25(35(33,34)29-16-7-21(8-17-29)6-5-11-26)24(19-23(20)30(31)32)28-14-9-22(10-15-28)27-12-3-2-4-13-27/h18-19,21-22H,2-10,12-17H2,1H3. The number of nitrogens with zero attached hydrogens (tertiary/aromatic N) is 5. The van der Waals surface area contributed by atoms with Crippen molar-refractivity contribution in [1.29, 1.82) is 5.26 Å². The number of hydrogen-bond donors (Lipinski definition) is 0. The molecule has 3 fully saturated rings. The number of anilines is 1. The molecular weight excluding hydrogens is 466 g/mol. The second-order valence-electron chi connectivity index (χ2n) is 10.2. The maximum atomic E-state index is 13.8. The number of nitro benzene ring substituents is 1. The molecule has 192 valence electrons. The fraction of sp³-hybridized carbons (Fsp3) is 0.720. The largest absolute Gasteiger partial charge is 0.370 e. The fourth-order valence-electron chi connectivity index (χ4n) is 5.91. The number of nitriles is 1. The SMILES string of the molecule is Cc1cc(S(=O)(=O)N2CCC(CCC#N)CC2)c(N2CCC(N3CCCCC3)CC2)cc1[N+](=O)[O-]. The van der Waals surface area contributed by atoms with E-state index >= 15 is 0 Å². The van der Waals surface area contributed by atoms with Crippen molar-refractivity contribution in [2.75, 3.05) is 44.2 Å². The zero-order chi connectivity index (χ0) is 25.0. The molecule has 1 aromatic rings. The van der Waals surface area contributed by atoms with Crippen LogP contribution in [0.15, 0.2) is 17.0 Å². The summed E-state index contributed by atoms with van der Waals surface area (Å²) in [5.74, 6) is 0.369. The van der Waals surface area contributed by atoms with E-state index in [0.29, 0.717) is 55.8 Å². The lowest BCUT2D eigenvalue weighted by Gasteiger charge is -2.41. The monoisotopic (exact) mass is 503 g/mol. The van der Waals surface area contributed by atoms with E-state index in [9.17, 15) is 18.5 Å². The van der Waals surface area contributed by atoms with Crippen LogP contribution in [0.5, 0.6) is 0 Å². The average Bonchev–Trinajstić information content (AvgIpc) is 2.88. The summed E-state index contributed by atoms with van der Waals surface area (Å²) in [6, 6.07) is 5.65. The molecule has 0 saturated carbocycles. The first-order valence-electron chi connectivity index (χ1n) is 13.0. The zero-order valence-corrected chi connectivity index (χ0v) is 21.5. The summed E-state index contributed by atoms with van der Waals surface area (Å²) in [5, 5.41) is 20.5. The molecule has 10 heteroatoms. The molecule has 0 aliphatic carbocycles. The molecule has 1 aromatic carbocycles. The summed E-state index contributed by atoms with van der Waals surface area (Å²) < 4.78 is 29.1. The van der Waals surface area contributed by atoms with Crippen LogP contribution in [0, 0.1) is 34.3 Å². The first kappa shape index (κ1) is 25.9. The number of rotatable bonds is 7. The lowest BCUT2D eigenvalue weighted by molar-refractivity contribution is -0.385. The topological polar surface area (TPSA) is 111 Å². The highest BCUT2D eigenvalue weighted by Gasteiger charge is 2.35. The van der Waals surface area contributed by atoms with Crippen molar-refractivity contribution in [1.82, 2.24) is 9.21 Å². The van der Waals surface area contributed by atoms with Crippen LogP contribution < -0.4 is 4.90 Å². The van der Waals surface area contributed by atoms with Gasteiger partial charge in [0.05, 0.1) is 16.7 Å². The van der Waals surface area contributed by atoms with Crippen molar-refractivity contribution < 1.29 is 13.3 Å². The van der Waals surface area contributed by atoms with Gasteiger partial charge in [0.15, 0.2) is 0 Å². The Hall–Kier alpha value is -2.22. The molecular formula is C25H37N5O4S. The Labute approximate surface area is 208 Å². The van der Waals surface area contributed by atoms with Gasteiger partial charge in [0.1, 0.15) is 4.90 Å². The molecule has 0 unspecified atom stereocenters. The second kappa shape index (κ2) is 11.2. The summed E-state index contributed by atoms with van der Waals surface area (Å²) in [5.41, 5.74) is 0.794. The highest BCUT2D eigenvalue weighted by Crippen LogP contribution is 2.37. The summed E-state index contributed by atoms with van der Waals surface area (Å²) in [6.07, 6.45) is 8.41. The molecule has 0 amide bonds. The van der Waals surface area contributed by atoms with Gasteiger partial charge in [-0.15, -0.1) is 0 Å². The molecule has 9 nitrogen and oxygen atoms in total. The minimum Gasteiger partial charge on any atom is -0.370 e. The quantitative estimate of drug-likeness (QED) is 0.407. The van der Waals surface area contributed by atoms with Gasteiger partial charge in [-0.25, -0.2) is 8.42 Å². The average molecular weight is 504 g/mol. The first-order valence-corrected chi connectivity index (χ1v) is 14.4. The first-order chi connectivity index (χ1) is 16.8. The van der Waals surface area contributed by atoms with E-state index in [2.05, 4.69) is 11.0 Å². The molecule has 0 spiro atoms. The van der Waals surface area contributed by atoms with E-state index in [-0.39, 0.29) is 10.6 Å². The minimum atomic E-state index is -3.79. The normalized spacial score (nSPS) is 21.7. The van der Waals surface area contributed by atoms with Crippen molar-refractivity contribution >= 4 is 21.4 Å². The van der Waals surface area contributed by atoms with E-state index in [1.807, 2.05) is 4.90 Å². The van der Waals surface area contributed by atoms with Gasteiger partial charge in [0, 0.05) is 50.3 Å². The Bertz CT molecular complexity index is 1050. The van der Waals surface area contributed by atoms with Gasteiger partial charge >= 0.3 is 0 Å². The van der Waals surface area contributed by atoms with Gasteiger partial charge < -0.3 is 9.80 Å². The van der Waals surface area contributed by atoms with Crippen molar-refractivity contribution in [2.24, 2.45) is 5.92 Å². The van der Waals surface area contributed by atoms with Crippen LogP contribution in [0.4, 0.5) is 11.4 Å². The van der Waals surface area contributed by atoms with Crippen LogP contribution in [0.3, 0.4) is 0 Å². The van der Waals surface area contributed by atoms with Crippen molar-refractivity contribution in [2.45, 2.75) is 75.6 Å². The maximum absolute atomic E-state index is 13.8. The number of likely N-dealkylation sites (tertiary alicyclic amines) is 1. The molecule has 3 saturated heterocycles. The Morgan fingerprint density at radius 2 is 1.69 bits per heavy atom. The summed E-state index contributed by atoms with van der Waals surface area (Å²) >= 11 is 0. The molecule has 3 aliphatic rings. The van der Waals surface area contributed by atoms with Crippen molar-refractivity contribution in [3.05, 3.63) is 27.8 Å². The molecule has 3 aliphatic heterocycles. The highest BCUT2D eigenvalue weighted by atomic mass is 32.2. The Morgan fingerprint density at radius 1 is 1.03 bits per heavy atom. The molecule has 0 atom stereocenters. The van der Waals surface area contributed by atoms with Crippen molar-refractivity contribution in [3.63, 3.8) is 0 Å². The van der Waals surface area contributed by atoms with Crippen molar-refractivity contribution in [3.8, 4) is 6.07 Å². The molecule has 0 N–H and O–H groups in total. The van der Waals surface area contributed by atoms with E-state index in [1.165, 1.54) is 35.7 Å². The molecule has 4 rings (SSSR count). The van der Waals surface area contributed by atoms with Gasteiger partial charge in [-0.05, 0) is 76.9 Å². The Kier molecular flexibility index (Phi) is 8.30. The highest BCUT2D eigenvalue weighted by molar-refractivity contribution is 7.89. The van der Waals surface area contributed by atoms with Gasteiger partial charge in [-0.1, -0.05) is 6.42 Å². The van der Waals surface area contributed by atoms with Crippen LogP contribution >= 0.6 is 0 Å². The minimum absolute atomic E-state index is 0.0349. The van der Waals surface area contributed by atoms with Crippen LogP contribution in [0.1, 0.15) is 63.4 Å². The van der Waals surface area contributed by atoms with Crippen LogP contribution in [0.2, 0.25) is 0 Å². The van der Waals surface area contributed by atoms with Gasteiger partial charge in [0.25, 0.3) is 5.69 Å². The third-order valence-electron chi connectivity index (χ3n) is 8.04. The summed E-state index contributed by atoms with van der Waals surface area (Å²) in [4.78, 5) is 16.1. The lowest BCUT2D eigenvalue weighted by atomic mass is 9.93. The third-order valence-corrected chi connectivity index (χ3v) is 9.97. The predicted octanol–water partition coefficient (Wildman–Crippen LogP) is 4.06. The summed E-state index contributed by atoms with van der Waals surface area (Å²) in [7, 11) is -3.79. The summed E-state index contributed by atoms with van der Waals surface area (Å²) in [6.45, 7) is 6.10. The van der Waals surface area contributed by atoms with Gasteiger partial charge in [-0.3, -0.25) is 10.1 Å². The number of sulfonamides is 1. The number of hydrogen-bond acceptors (Lipinski definition) is 7. The second-order valence-corrected chi connectivity index (χ2v) is 12.1. The molecule has 0 aromatic heterocycles. The predicted molar refractivity (Wildman–Crippen MR) is 135 cm³/mol. The fourth-order valence-corrected chi connectivity index (χ4v) is 7.66. The molecule has 0 radical (unpaired) electrons.